The molecular weight excluding hydrogens is 282 g/mol. The Morgan fingerprint density at radius 1 is 1.50 bits per heavy atom. The summed E-state index contributed by atoms with van der Waals surface area (Å²) in [5.41, 5.74) is 1.73. The Hall–Kier alpha value is -0.560. The maximum absolute atomic E-state index is 8.96. The lowest BCUT2D eigenvalue weighted by Gasteiger charge is -1.98. The average Bonchev–Trinajstić information content (AvgIpc) is 2.63. The fraction of sp³-hybridized carbons (Fsp3) is 0.100. The second-order valence-electron chi connectivity index (χ2n) is 2.81. The fourth-order valence-corrected chi connectivity index (χ4v) is 3.29. The predicted octanol–water partition coefficient (Wildman–Crippen LogP) is 4.27. The predicted molar refractivity (Wildman–Crippen MR) is 63.8 cm³/mol. The van der Waals surface area contributed by atoms with Crippen molar-refractivity contribution in [3.8, 4) is 6.07 Å². The lowest BCUT2D eigenvalue weighted by molar-refractivity contribution is 1.46. The highest BCUT2D eigenvalue weighted by molar-refractivity contribution is 9.10. The van der Waals surface area contributed by atoms with Crippen molar-refractivity contribution >= 4 is 49.0 Å². The monoisotopic (exact) mass is 285 g/mol. The van der Waals surface area contributed by atoms with Crippen LogP contribution < -0.4 is 0 Å². The topological polar surface area (TPSA) is 23.8 Å². The van der Waals surface area contributed by atoms with Crippen LogP contribution in [0.5, 0.6) is 0 Å². The van der Waals surface area contributed by atoms with Crippen LogP contribution in [0.2, 0.25) is 0 Å². The Labute approximate surface area is 99.0 Å². The van der Waals surface area contributed by atoms with E-state index in [-0.39, 0.29) is 0 Å². The first-order valence-electron chi connectivity index (χ1n) is 3.92. The average molecular weight is 287 g/mol. The molecule has 1 aromatic carbocycles. The molecule has 1 nitrogen and oxygen atoms in total. The molecule has 0 unspecified atom stereocenters. The molecule has 0 radical (unpaired) electrons. The summed E-state index contributed by atoms with van der Waals surface area (Å²) in [7, 11) is 0. The number of alkyl halides is 1. The third-order valence-electron chi connectivity index (χ3n) is 2.01. The summed E-state index contributed by atoms with van der Waals surface area (Å²) < 4.78 is 2.12. The Balaban J connectivity index is 2.90. The highest BCUT2D eigenvalue weighted by atomic mass is 79.9. The normalized spacial score (nSPS) is 10.4. The van der Waals surface area contributed by atoms with Gasteiger partial charge in [0.15, 0.2) is 0 Å². The summed E-state index contributed by atoms with van der Waals surface area (Å²) in [4.78, 5) is 0. The third-order valence-corrected chi connectivity index (χ3v) is 4.29. The van der Waals surface area contributed by atoms with Gasteiger partial charge in [-0.25, -0.2) is 0 Å². The minimum Gasteiger partial charge on any atom is -0.192 e. The van der Waals surface area contributed by atoms with Crippen LogP contribution in [0.1, 0.15) is 11.1 Å². The number of rotatable bonds is 1. The Morgan fingerprint density at radius 3 is 2.93 bits per heavy atom. The molecule has 0 bridgehead atoms. The van der Waals surface area contributed by atoms with Crippen molar-refractivity contribution in [3.63, 3.8) is 0 Å². The van der Waals surface area contributed by atoms with Crippen molar-refractivity contribution in [2.24, 2.45) is 0 Å². The molecule has 2 aromatic rings. The quantitative estimate of drug-likeness (QED) is 0.718. The number of nitriles is 1. The Morgan fingerprint density at radius 2 is 2.29 bits per heavy atom. The van der Waals surface area contributed by atoms with Gasteiger partial charge in [0.05, 0.1) is 16.3 Å². The van der Waals surface area contributed by atoms with E-state index in [0.717, 1.165) is 20.1 Å². The first kappa shape index (κ1) is 9.97. The van der Waals surface area contributed by atoms with E-state index in [0.29, 0.717) is 11.4 Å². The number of thiophene rings is 1. The van der Waals surface area contributed by atoms with E-state index >= 15 is 0 Å². The maximum Gasteiger partial charge on any atom is 0.0998 e. The van der Waals surface area contributed by atoms with E-state index < -0.39 is 0 Å². The van der Waals surface area contributed by atoms with Gasteiger partial charge in [0.1, 0.15) is 0 Å². The second-order valence-corrected chi connectivity index (χ2v) is 4.81. The van der Waals surface area contributed by atoms with Gasteiger partial charge in [-0.3, -0.25) is 0 Å². The lowest BCUT2D eigenvalue weighted by atomic mass is 10.1. The largest absolute Gasteiger partial charge is 0.192 e. The number of halogens is 2. The molecule has 0 amide bonds. The van der Waals surface area contributed by atoms with Gasteiger partial charge in [0.2, 0.25) is 0 Å². The molecule has 0 saturated carbocycles. The molecule has 4 heteroatoms. The molecule has 0 aliphatic heterocycles. The summed E-state index contributed by atoms with van der Waals surface area (Å²) in [6, 6.07) is 5.90. The van der Waals surface area contributed by atoms with E-state index in [4.69, 9.17) is 16.9 Å². The minimum atomic E-state index is 0.450. The van der Waals surface area contributed by atoms with E-state index in [1.807, 2.05) is 17.5 Å². The van der Waals surface area contributed by atoms with Crippen LogP contribution in [0.3, 0.4) is 0 Å². The van der Waals surface area contributed by atoms with Crippen LogP contribution in [0.15, 0.2) is 22.0 Å². The van der Waals surface area contributed by atoms with Crippen molar-refractivity contribution in [2.75, 3.05) is 0 Å². The molecule has 0 saturated heterocycles. The summed E-state index contributed by atoms with van der Waals surface area (Å²) in [5.74, 6) is 0.450. The van der Waals surface area contributed by atoms with Gasteiger partial charge in [-0.15, -0.1) is 22.9 Å². The number of fused-ring (bicyclic) bond motifs is 1. The molecule has 1 aromatic heterocycles. The third kappa shape index (κ3) is 1.44. The number of benzene rings is 1. The van der Waals surface area contributed by atoms with Crippen molar-refractivity contribution in [1.82, 2.24) is 0 Å². The van der Waals surface area contributed by atoms with E-state index in [2.05, 4.69) is 22.0 Å². The zero-order valence-corrected chi connectivity index (χ0v) is 10.2. The Bertz CT molecular complexity index is 527. The highest BCUT2D eigenvalue weighted by Gasteiger charge is 2.10. The summed E-state index contributed by atoms with van der Waals surface area (Å²) >= 11 is 10.9. The molecule has 0 fully saturated rings. The van der Waals surface area contributed by atoms with Gasteiger partial charge in [0, 0.05) is 15.7 Å². The zero-order chi connectivity index (χ0) is 10.1. The maximum atomic E-state index is 8.96. The van der Waals surface area contributed by atoms with Gasteiger partial charge >= 0.3 is 0 Å². The summed E-state index contributed by atoms with van der Waals surface area (Å²) in [6.45, 7) is 0. The molecule has 1 heterocycles. The molecule has 0 aliphatic rings. The van der Waals surface area contributed by atoms with Crippen LogP contribution in [0.4, 0.5) is 0 Å². The summed E-state index contributed by atoms with van der Waals surface area (Å²) in [6.07, 6.45) is 0. The molecule has 70 valence electrons. The number of nitrogens with zero attached hydrogens (tertiary/aromatic N) is 1. The molecule has 0 spiro atoms. The van der Waals surface area contributed by atoms with Crippen LogP contribution in [-0.4, -0.2) is 0 Å². The van der Waals surface area contributed by atoms with Gasteiger partial charge in [-0.05, 0) is 39.0 Å². The SMILES string of the molecule is N#Cc1ccc(Br)c2scc(CCl)c12. The summed E-state index contributed by atoms with van der Waals surface area (Å²) in [5, 5.41) is 12.0. The van der Waals surface area contributed by atoms with E-state index in [1.54, 1.807) is 11.3 Å². The molecule has 0 N–H and O–H groups in total. The highest BCUT2D eigenvalue weighted by Crippen LogP contribution is 2.35. The van der Waals surface area contributed by atoms with E-state index in [1.165, 1.54) is 0 Å². The van der Waals surface area contributed by atoms with Crippen molar-refractivity contribution in [1.29, 1.82) is 5.26 Å². The molecule has 14 heavy (non-hydrogen) atoms. The van der Waals surface area contributed by atoms with Crippen molar-refractivity contribution in [3.05, 3.63) is 33.1 Å². The van der Waals surface area contributed by atoms with Gasteiger partial charge in [-0.1, -0.05) is 0 Å². The van der Waals surface area contributed by atoms with Gasteiger partial charge < -0.3 is 0 Å². The smallest absolute Gasteiger partial charge is 0.0998 e. The first-order valence-corrected chi connectivity index (χ1v) is 6.13. The van der Waals surface area contributed by atoms with Gasteiger partial charge in [-0.2, -0.15) is 5.26 Å². The van der Waals surface area contributed by atoms with Crippen molar-refractivity contribution < 1.29 is 0 Å². The van der Waals surface area contributed by atoms with Crippen LogP contribution >= 0.6 is 38.9 Å². The standard InChI is InChI=1S/C10H5BrClNS/c11-8-2-1-6(4-13)9-7(3-12)5-14-10(8)9/h1-2,5H,3H2. The van der Waals surface area contributed by atoms with Crippen LogP contribution in [-0.2, 0) is 5.88 Å². The second kappa shape index (κ2) is 3.90. The molecule has 0 aliphatic carbocycles. The number of hydrogen-bond donors (Lipinski definition) is 0. The molecule has 2 rings (SSSR count). The van der Waals surface area contributed by atoms with E-state index in [9.17, 15) is 0 Å². The Kier molecular flexibility index (Phi) is 2.78. The van der Waals surface area contributed by atoms with Crippen LogP contribution in [0, 0.1) is 11.3 Å². The zero-order valence-electron chi connectivity index (χ0n) is 7.05. The minimum absolute atomic E-state index is 0.450. The molecular formula is C10H5BrClNS. The molecule has 0 atom stereocenters. The first-order chi connectivity index (χ1) is 6.77. The lowest BCUT2D eigenvalue weighted by Crippen LogP contribution is -1.80. The fourth-order valence-electron chi connectivity index (χ4n) is 1.37. The van der Waals surface area contributed by atoms with Crippen molar-refractivity contribution in [2.45, 2.75) is 5.88 Å². The number of hydrogen-bond acceptors (Lipinski definition) is 2. The van der Waals surface area contributed by atoms with Gasteiger partial charge in [0.25, 0.3) is 0 Å². The van der Waals surface area contributed by atoms with Crippen LogP contribution in [0.25, 0.3) is 10.1 Å².